The van der Waals surface area contributed by atoms with Gasteiger partial charge < -0.3 is 10.5 Å². The number of nitrogens with zero attached hydrogens (tertiary/aromatic N) is 1. The lowest BCUT2D eigenvalue weighted by Gasteiger charge is -2.06. The maximum Gasteiger partial charge on any atom is 0.153 e. The first kappa shape index (κ1) is 12.7. The van der Waals surface area contributed by atoms with Crippen molar-refractivity contribution in [3.8, 4) is 27.4 Å². The van der Waals surface area contributed by atoms with Crippen molar-refractivity contribution in [3.05, 3.63) is 41.3 Å². The van der Waals surface area contributed by atoms with Gasteiger partial charge in [-0.1, -0.05) is 24.3 Å². The van der Waals surface area contributed by atoms with E-state index in [9.17, 15) is 0 Å². The van der Waals surface area contributed by atoms with Crippen LogP contribution in [-0.2, 0) is 0 Å². The van der Waals surface area contributed by atoms with Crippen molar-refractivity contribution in [1.82, 2.24) is 10.2 Å². The summed E-state index contributed by atoms with van der Waals surface area (Å²) in [5, 5.41) is 9.16. The molecule has 0 radical (unpaired) electrons. The Hall–Kier alpha value is -2.27. The zero-order valence-electron chi connectivity index (χ0n) is 11.3. The van der Waals surface area contributed by atoms with Gasteiger partial charge in [-0.3, -0.25) is 5.10 Å². The molecule has 4 nitrogen and oxygen atoms in total. The third-order valence-electron chi connectivity index (χ3n) is 3.27. The maximum atomic E-state index is 6.05. The third kappa shape index (κ3) is 2.06. The van der Waals surface area contributed by atoms with Crippen molar-refractivity contribution < 1.29 is 4.74 Å². The van der Waals surface area contributed by atoms with Crippen molar-refractivity contribution in [3.63, 3.8) is 0 Å². The SMILES string of the molecule is COc1csc(-c2[nH]nc(N)c2-c2ccccc2C)c1. The highest BCUT2D eigenvalue weighted by molar-refractivity contribution is 7.13. The van der Waals surface area contributed by atoms with E-state index in [4.69, 9.17) is 10.5 Å². The van der Waals surface area contributed by atoms with E-state index in [0.29, 0.717) is 5.82 Å². The van der Waals surface area contributed by atoms with Crippen molar-refractivity contribution in [2.75, 3.05) is 12.8 Å². The van der Waals surface area contributed by atoms with Crippen LogP contribution in [0.2, 0.25) is 0 Å². The largest absolute Gasteiger partial charge is 0.496 e. The molecule has 102 valence electrons. The van der Waals surface area contributed by atoms with Gasteiger partial charge in [0.15, 0.2) is 5.82 Å². The van der Waals surface area contributed by atoms with Gasteiger partial charge in [0, 0.05) is 11.4 Å². The van der Waals surface area contributed by atoms with Crippen LogP contribution in [0.5, 0.6) is 5.75 Å². The highest BCUT2D eigenvalue weighted by Gasteiger charge is 2.17. The van der Waals surface area contributed by atoms with Gasteiger partial charge in [-0.25, -0.2) is 0 Å². The second kappa shape index (κ2) is 5.02. The molecule has 0 saturated carbocycles. The monoisotopic (exact) mass is 285 g/mol. The Balaban J connectivity index is 2.17. The molecule has 0 bridgehead atoms. The summed E-state index contributed by atoms with van der Waals surface area (Å²) in [5.74, 6) is 1.36. The Labute approximate surface area is 121 Å². The molecule has 2 heterocycles. The predicted molar refractivity (Wildman–Crippen MR) is 83.0 cm³/mol. The van der Waals surface area contributed by atoms with Crippen LogP contribution >= 0.6 is 11.3 Å². The first-order valence-corrected chi connectivity index (χ1v) is 7.11. The van der Waals surface area contributed by atoms with Crippen molar-refractivity contribution in [1.29, 1.82) is 0 Å². The number of thiophene rings is 1. The molecule has 3 rings (SSSR count). The summed E-state index contributed by atoms with van der Waals surface area (Å²) in [6.45, 7) is 2.07. The molecule has 0 saturated heterocycles. The van der Waals surface area contributed by atoms with Crippen LogP contribution in [-0.4, -0.2) is 17.3 Å². The van der Waals surface area contributed by atoms with Crippen LogP contribution in [0.25, 0.3) is 21.7 Å². The van der Waals surface area contributed by atoms with Crippen molar-refractivity contribution >= 4 is 17.2 Å². The van der Waals surface area contributed by atoms with E-state index in [0.717, 1.165) is 27.4 Å². The van der Waals surface area contributed by atoms with E-state index in [2.05, 4.69) is 29.3 Å². The Morgan fingerprint density at radius 1 is 1.30 bits per heavy atom. The Bertz CT molecular complexity index is 745. The molecule has 3 N–H and O–H groups in total. The summed E-state index contributed by atoms with van der Waals surface area (Å²) >= 11 is 1.60. The minimum absolute atomic E-state index is 0.515. The first-order chi connectivity index (χ1) is 9.70. The molecular weight excluding hydrogens is 270 g/mol. The van der Waals surface area contributed by atoms with Crippen LogP contribution in [0.1, 0.15) is 5.56 Å². The summed E-state index contributed by atoms with van der Waals surface area (Å²) in [6, 6.07) is 10.1. The van der Waals surface area contributed by atoms with Gasteiger partial charge >= 0.3 is 0 Å². The molecule has 0 spiro atoms. The van der Waals surface area contributed by atoms with E-state index in [1.807, 2.05) is 23.6 Å². The molecule has 0 unspecified atom stereocenters. The number of nitrogens with one attached hydrogen (secondary N) is 1. The van der Waals surface area contributed by atoms with Gasteiger partial charge in [0.05, 0.1) is 23.2 Å². The molecular formula is C15H15N3OS. The smallest absolute Gasteiger partial charge is 0.153 e. The first-order valence-electron chi connectivity index (χ1n) is 6.23. The van der Waals surface area contributed by atoms with Gasteiger partial charge in [-0.2, -0.15) is 5.10 Å². The molecule has 0 aliphatic rings. The number of ether oxygens (including phenoxy) is 1. The quantitative estimate of drug-likeness (QED) is 0.771. The fourth-order valence-electron chi connectivity index (χ4n) is 2.22. The number of methoxy groups -OCH3 is 1. The summed E-state index contributed by atoms with van der Waals surface area (Å²) in [6.07, 6.45) is 0. The second-order valence-corrected chi connectivity index (χ2v) is 5.44. The molecule has 2 aromatic heterocycles. The second-order valence-electron chi connectivity index (χ2n) is 4.52. The predicted octanol–water partition coefficient (Wildman–Crippen LogP) is 3.70. The van der Waals surface area contributed by atoms with E-state index in [1.54, 1.807) is 18.4 Å². The lowest BCUT2D eigenvalue weighted by molar-refractivity contribution is 0.417. The number of rotatable bonds is 3. The number of anilines is 1. The van der Waals surface area contributed by atoms with E-state index < -0.39 is 0 Å². The van der Waals surface area contributed by atoms with Gasteiger partial charge in [0.2, 0.25) is 0 Å². The number of hydrogen-bond acceptors (Lipinski definition) is 4. The number of hydrogen-bond donors (Lipinski definition) is 2. The molecule has 0 amide bonds. The molecule has 1 aromatic carbocycles. The molecule has 0 atom stereocenters. The zero-order valence-corrected chi connectivity index (χ0v) is 12.1. The van der Waals surface area contributed by atoms with Gasteiger partial charge in [0.25, 0.3) is 0 Å². The number of aryl methyl sites for hydroxylation is 1. The molecule has 0 fully saturated rings. The topological polar surface area (TPSA) is 63.9 Å². The molecule has 3 aromatic rings. The van der Waals surface area contributed by atoms with Gasteiger partial charge in [-0.15, -0.1) is 11.3 Å². The number of nitrogen functional groups attached to an aromatic ring is 1. The van der Waals surface area contributed by atoms with Crippen LogP contribution in [0.3, 0.4) is 0 Å². The number of benzene rings is 1. The Kier molecular flexibility index (Phi) is 3.20. The third-order valence-corrected chi connectivity index (χ3v) is 4.19. The molecule has 5 heteroatoms. The van der Waals surface area contributed by atoms with Crippen LogP contribution in [0, 0.1) is 6.92 Å². The number of H-pyrrole nitrogens is 1. The summed E-state index contributed by atoms with van der Waals surface area (Å²) in [4.78, 5) is 1.06. The summed E-state index contributed by atoms with van der Waals surface area (Å²) < 4.78 is 5.24. The normalized spacial score (nSPS) is 10.7. The van der Waals surface area contributed by atoms with Gasteiger partial charge in [0.1, 0.15) is 5.75 Å². The van der Waals surface area contributed by atoms with Gasteiger partial charge in [-0.05, 0) is 18.1 Å². The number of nitrogens with two attached hydrogens (primary N) is 1. The highest BCUT2D eigenvalue weighted by Crippen LogP contribution is 2.39. The average Bonchev–Trinajstić information content (AvgIpc) is 3.06. The maximum absolute atomic E-state index is 6.05. The van der Waals surface area contributed by atoms with E-state index in [1.165, 1.54) is 5.56 Å². The lowest BCUT2D eigenvalue weighted by atomic mass is 10.00. The highest BCUT2D eigenvalue weighted by atomic mass is 32.1. The molecule has 0 aliphatic heterocycles. The Morgan fingerprint density at radius 2 is 2.10 bits per heavy atom. The van der Waals surface area contributed by atoms with Crippen LogP contribution in [0.15, 0.2) is 35.7 Å². The standard InChI is InChI=1S/C15H15N3OS/c1-9-5-3-4-6-11(9)13-14(17-18-15(13)16)12-7-10(19-2)8-20-12/h3-8H,1-2H3,(H3,16,17,18). The van der Waals surface area contributed by atoms with Crippen molar-refractivity contribution in [2.45, 2.75) is 6.92 Å². The number of aromatic amines is 1. The zero-order chi connectivity index (χ0) is 14.1. The average molecular weight is 285 g/mol. The molecule has 0 aliphatic carbocycles. The summed E-state index contributed by atoms with van der Waals surface area (Å²) in [5.41, 5.74) is 10.2. The van der Waals surface area contributed by atoms with E-state index in [-0.39, 0.29) is 0 Å². The van der Waals surface area contributed by atoms with Crippen LogP contribution in [0.4, 0.5) is 5.82 Å². The lowest BCUT2D eigenvalue weighted by Crippen LogP contribution is -1.90. The summed E-state index contributed by atoms with van der Waals surface area (Å²) in [7, 11) is 1.66. The minimum atomic E-state index is 0.515. The fourth-order valence-corrected chi connectivity index (χ4v) is 3.07. The Morgan fingerprint density at radius 3 is 2.80 bits per heavy atom. The number of aromatic nitrogens is 2. The van der Waals surface area contributed by atoms with Crippen LogP contribution < -0.4 is 10.5 Å². The van der Waals surface area contributed by atoms with Crippen molar-refractivity contribution in [2.24, 2.45) is 0 Å². The minimum Gasteiger partial charge on any atom is -0.496 e. The fraction of sp³-hybridized carbons (Fsp3) is 0.133. The molecule has 20 heavy (non-hydrogen) atoms. The van der Waals surface area contributed by atoms with E-state index >= 15 is 0 Å².